The molecule has 1 saturated carbocycles. The highest BCUT2D eigenvalue weighted by atomic mass is 35.5. The van der Waals surface area contributed by atoms with Gasteiger partial charge in [-0.3, -0.25) is 4.79 Å². The quantitative estimate of drug-likeness (QED) is 0.746. The lowest BCUT2D eigenvalue weighted by Crippen LogP contribution is -2.36. The van der Waals surface area contributed by atoms with Gasteiger partial charge < -0.3 is 10.3 Å². The molecule has 122 valence electrons. The van der Waals surface area contributed by atoms with Crippen molar-refractivity contribution in [3.63, 3.8) is 0 Å². The number of aromatic amines is 1. The Labute approximate surface area is 145 Å². The van der Waals surface area contributed by atoms with Crippen molar-refractivity contribution >= 4 is 28.5 Å². The summed E-state index contributed by atoms with van der Waals surface area (Å²) in [7, 11) is 0. The molecule has 4 rings (SSSR count). The predicted octanol–water partition coefficient (Wildman–Crippen LogP) is 3.61. The van der Waals surface area contributed by atoms with E-state index in [0.717, 1.165) is 35.3 Å². The van der Waals surface area contributed by atoms with Gasteiger partial charge in [0.1, 0.15) is 5.82 Å². The normalized spacial score (nSPS) is 15.4. The first-order valence-corrected chi connectivity index (χ1v) is 8.54. The molecule has 1 aliphatic rings. The number of amides is 1. The van der Waals surface area contributed by atoms with Crippen molar-refractivity contribution in [2.45, 2.75) is 24.7 Å². The molecule has 0 spiro atoms. The van der Waals surface area contributed by atoms with E-state index >= 15 is 0 Å². The first-order valence-electron chi connectivity index (χ1n) is 8.16. The second-order valence-corrected chi connectivity index (χ2v) is 6.68. The number of rotatable bonds is 5. The van der Waals surface area contributed by atoms with Gasteiger partial charge in [0, 0.05) is 18.0 Å². The fourth-order valence-electron chi connectivity index (χ4n) is 3.18. The van der Waals surface area contributed by atoms with Crippen LogP contribution in [-0.4, -0.2) is 22.4 Å². The van der Waals surface area contributed by atoms with Crippen LogP contribution in [0.1, 0.15) is 24.2 Å². The van der Waals surface area contributed by atoms with E-state index in [4.69, 9.17) is 11.6 Å². The summed E-state index contributed by atoms with van der Waals surface area (Å²) >= 11 is 6.27. The van der Waals surface area contributed by atoms with Crippen LogP contribution in [0, 0.1) is 0 Å². The number of imidazole rings is 1. The highest BCUT2D eigenvalue weighted by molar-refractivity contribution is 6.31. The van der Waals surface area contributed by atoms with Gasteiger partial charge in [-0.05, 0) is 36.6 Å². The minimum atomic E-state index is -0.438. The second kappa shape index (κ2) is 5.95. The van der Waals surface area contributed by atoms with Crippen molar-refractivity contribution in [1.82, 2.24) is 15.3 Å². The molecule has 0 unspecified atom stereocenters. The summed E-state index contributed by atoms with van der Waals surface area (Å²) < 4.78 is 0. The predicted molar refractivity (Wildman–Crippen MR) is 95.2 cm³/mol. The maximum atomic E-state index is 12.6. The van der Waals surface area contributed by atoms with E-state index in [1.54, 1.807) is 0 Å². The first kappa shape index (κ1) is 15.2. The lowest BCUT2D eigenvalue weighted by molar-refractivity contribution is -0.123. The molecule has 1 fully saturated rings. The van der Waals surface area contributed by atoms with Crippen molar-refractivity contribution in [2.24, 2.45) is 0 Å². The number of para-hydroxylation sites is 2. The zero-order valence-corrected chi connectivity index (χ0v) is 13.9. The van der Waals surface area contributed by atoms with Crippen LogP contribution in [0.15, 0.2) is 48.5 Å². The molecule has 2 aromatic carbocycles. The summed E-state index contributed by atoms with van der Waals surface area (Å²) in [6.07, 6.45) is 2.39. The van der Waals surface area contributed by atoms with Gasteiger partial charge >= 0.3 is 0 Å². The number of carbonyl (C=O) groups is 1. The Kier molecular flexibility index (Phi) is 3.77. The van der Waals surface area contributed by atoms with Crippen molar-refractivity contribution in [3.8, 4) is 0 Å². The fourth-order valence-corrected chi connectivity index (χ4v) is 3.50. The zero-order valence-electron chi connectivity index (χ0n) is 13.2. The molecule has 24 heavy (non-hydrogen) atoms. The molecule has 5 heteroatoms. The largest absolute Gasteiger partial charge is 0.355 e. The number of hydrogen-bond acceptors (Lipinski definition) is 2. The Morgan fingerprint density at radius 2 is 1.92 bits per heavy atom. The Bertz CT molecular complexity index is 865. The van der Waals surface area contributed by atoms with Crippen molar-refractivity contribution in [1.29, 1.82) is 0 Å². The Morgan fingerprint density at radius 3 is 2.67 bits per heavy atom. The molecule has 1 amide bonds. The number of H-pyrrole nitrogens is 1. The van der Waals surface area contributed by atoms with E-state index in [1.807, 2.05) is 48.5 Å². The smallest absolute Gasteiger partial charge is 0.230 e. The highest BCUT2D eigenvalue weighted by Crippen LogP contribution is 2.50. The van der Waals surface area contributed by atoms with E-state index in [0.29, 0.717) is 18.0 Å². The summed E-state index contributed by atoms with van der Waals surface area (Å²) in [6.45, 7) is 0.560. The maximum absolute atomic E-state index is 12.6. The van der Waals surface area contributed by atoms with E-state index in [-0.39, 0.29) is 5.91 Å². The number of benzene rings is 2. The number of hydrogen-bond donors (Lipinski definition) is 2. The van der Waals surface area contributed by atoms with Gasteiger partial charge in [-0.25, -0.2) is 4.98 Å². The SMILES string of the molecule is O=C(NCCc1nc2ccccc2[nH]1)C1(c2ccccc2Cl)CC1. The molecule has 0 aliphatic heterocycles. The molecule has 3 aromatic rings. The molecule has 0 atom stereocenters. The first-order chi connectivity index (χ1) is 11.7. The third-order valence-electron chi connectivity index (χ3n) is 4.66. The molecule has 0 radical (unpaired) electrons. The third-order valence-corrected chi connectivity index (χ3v) is 4.99. The van der Waals surface area contributed by atoms with Gasteiger partial charge in [0.2, 0.25) is 5.91 Å². The molecule has 1 heterocycles. The number of nitrogens with zero attached hydrogens (tertiary/aromatic N) is 1. The molecule has 0 saturated heterocycles. The lowest BCUT2D eigenvalue weighted by atomic mass is 9.95. The number of carbonyl (C=O) groups excluding carboxylic acids is 1. The van der Waals surface area contributed by atoms with Crippen LogP contribution in [0.3, 0.4) is 0 Å². The average Bonchev–Trinajstić information content (AvgIpc) is 3.29. The summed E-state index contributed by atoms with van der Waals surface area (Å²) in [4.78, 5) is 20.5. The van der Waals surface area contributed by atoms with Gasteiger partial charge in [-0.1, -0.05) is 41.9 Å². The summed E-state index contributed by atoms with van der Waals surface area (Å²) in [6, 6.07) is 15.5. The lowest BCUT2D eigenvalue weighted by Gasteiger charge is -2.16. The zero-order chi connectivity index (χ0) is 16.6. The Balaban J connectivity index is 1.41. The van der Waals surface area contributed by atoms with Gasteiger partial charge in [0.05, 0.1) is 16.4 Å². The van der Waals surface area contributed by atoms with Gasteiger partial charge in [0.15, 0.2) is 0 Å². The van der Waals surface area contributed by atoms with E-state index < -0.39 is 5.41 Å². The van der Waals surface area contributed by atoms with Crippen molar-refractivity contribution in [2.75, 3.05) is 6.54 Å². The summed E-state index contributed by atoms with van der Waals surface area (Å²) in [5, 5.41) is 3.72. The van der Waals surface area contributed by atoms with Gasteiger partial charge in [-0.15, -0.1) is 0 Å². The van der Waals surface area contributed by atoms with Crippen LogP contribution < -0.4 is 5.32 Å². The Hall–Kier alpha value is -2.33. The standard InChI is InChI=1S/C19H18ClN3O/c20-14-6-2-1-5-13(14)19(10-11-19)18(24)21-12-9-17-22-15-7-3-4-8-16(15)23-17/h1-8H,9-12H2,(H,21,24)(H,22,23). The molecular weight excluding hydrogens is 322 g/mol. The summed E-state index contributed by atoms with van der Waals surface area (Å²) in [5.41, 5.74) is 2.47. The van der Waals surface area contributed by atoms with E-state index in [9.17, 15) is 4.79 Å². The number of aromatic nitrogens is 2. The molecule has 2 N–H and O–H groups in total. The number of nitrogens with one attached hydrogen (secondary N) is 2. The molecule has 4 nitrogen and oxygen atoms in total. The van der Waals surface area contributed by atoms with Crippen molar-refractivity contribution in [3.05, 3.63) is 64.9 Å². The monoisotopic (exact) mass is 339 g/mol. The van der Waals surface area contributed by atoms with Crippen LogP contribution >= 0.6 is 11.6 Å². The molecular formula is C19H18ClN3O. The topological polar surface area (TPSA) is 57.8 Å². The van der Waals surface area contributed by atoms with E-state index in [2.05, 4.69) is 15.3 Å². The second-order valence-electron chi connectivity index (χ2n) is 6.27. The molecule has 1 aromatic heterocycles. The minimum absolute atomic E-state index is 0.0618. The third kappa shape index (κ3) is 2.67. The Morgan fingerprint density at radius 1 is 1.17 bits per heavy atom. The highest BCUT2D eigenvalue weighted by Gasteiger charge is 2.52. The average molecular weight is 340 g/mol. The number of halogens is 1. The number of fused-ring (bicyclic) bond motifs is 1. The van der Waals surface area contributed by atoms with Crippen LogP contribution in [0.2, 0.25) is 5.02 Å². The summed E-state index contributed by atoms with van der Waals surface area (Å²) in [5.74, 6) is 0.950. The maximum Gasteiger partial charge on any atom is 0.230 e. The molecule has 0 bridgehead atoms. The van der Waals surface area contributed by atoms with Gasteiger partial charge in [0.25, 0.3) is 0 Å². The van der Waals surface area contributed by atoms with Crippen molar-refractivity contribution < 1.29 is 4.79 Å². The van der Waals surface area contributed by atoms with Crippen LogP contribution in [0.4, 0.5) is 0 Å². The molecule has 1 aliphatic carbocycles. The van der Waals surface area contributed by atoms with Gasteiger partial charge in [-0.2, -0.15) is 0 Å². The fraction of sp³-hybridized carbons (Fsp3) is 0.263. The van der Waals surface area contributed by atoms with Crippen LogP contribution in [0.5, 0.6) is 0 Å². The van der Waals surface area contributed by atoms with Crippen LogP contribution in [-0.2, 0) is 16.6 Å². The minimum Gasteiger partial charge on any atom is -0.355 e. The van der Waals surface area contributed by atoms with E-state index in [1.165, 1.54) is 0 Å². The van der Waals surface area contributed by atoms with Crippen LogP contribution in [0.25, 0.3) is 11.0 Å².